The number of hydrogen-bond donors (Lipinski definition) is 0. The first-order valence-electron chi connectivity index (χ1n) is 7.18. The van der Waals surface area contributed by atoms with Gasteiger partial charge in [0.05, 0.1) is 12.5 Å². The Balaban J connectivity index is 1.81. The summed E-state index contributed by atoms with van der Waals surface area (Å²) in [6.45, 7) is 4.91. The molecule has 2 nitrogen and oxygen atoms in total. The van der Waals surface area contributed by atoms with E-state index in [1.165, 1.54) is 0 Å². The second kappa shape index (κ2) is 6.21. The minimum Gasteiger partial charge on any atom is -0.465 e. The van der Waals surface area contributed by atoms with Crippen LogP contribution in [0, 0.1) is 23.7 Å². The fourth-order valence-electron chi connectivity index (χ4n) is 2.89. The molecule has 0 saturated carbocycles. The van der Waals surface area contributed by atoms with Crippen molar-refractivity contribution < 1.29 is 9.53 Å². The molecule has 2 aliphatic rings. The molecule has 100 valence electrons. The number of carbonyl (C=O) groups is 1. The van der Waals surface area contributed by atoms with Crippen molar-refractivity contribution in [2.24, 2.45) is 23.7 Å². The summed E-state index contributed by atoms with van der Waals surface area (Å²) in [6, 6.07) is 0. The van der Waals surface area contributed by atoms with Crippen molar-refractivity contribution in [3.63, 3.8) is 0 Å². The normalized spacial score (nSPS) is 35.4. The average Bonchev–Trinajstić information content (AvgIpc) is 2.38. The second-order valence-corrected chi connectivity index (χ2v) is 5.73. The van der Waals surface area contributed by atoms with E-state index in [0.717, 1.165) is 25.7 Å². The summed E-state index contributed by atoms with van der Waals surface area (Å²) in [6.07, 6.45) is 13.0. The van der Waals surface area contributed by atoms with Gasteiger partial charge in [-0.1, -0.05) is 38.2 Å². The van der Waals surface area contributed by atoms with Crippen LogP contribution in [0.2, 0.25) is 0 Å². The Morgan fingerprint density at radius 3 is 2.44 bits per heavy atom. The first-order chi connectivity index (χ1) is 8.68. The van der Waals surface area contributed by atoms with Gasteiger partial charge in [-0.3, -0.25) is 4.79 Å². The van der Waals surface area contributed by atoms with E-state index in [-0.39, 0.29) is 11.9 Å². The smallest absolute Gasteiger partial charge is 0.309 e. The molecule has 0 radical (unpaired) electrons. The quantitative estimate of drug-likeness (QED) is 0.562. The van der Waals surface area contributed by atoms with Gasteiger partial charge in [0.15, 0.2) is 0 Å². The molecule has 0 aromatic heterocycles. The van der Waals surface area contributed by atoms with E-state index >= 15 is 0 Å². The van der Waals surface area contributed by atoms with Crippen molar-refractivity contribution in [2.75, 3.05) is 6.61 Å². The number of esters is 1. The van der Waals surface area contributed by atoms with Crippen molar-refractivity contribution >= 4 is 5.97 Å². The lowest BCUT2D eigenvalue weighted by molar-refractivity contribution is -0.152. The Kier molecular flexibility index (Phi) is 4.62. The molecule has 0 aliphatic heterocycles. The number of rotatable bonds is 3. The molecule has 0 bridgehead atoms. The second-order valence-electron chi connectivity index (χ2n) is 5.73. The largest absolute Gasteiger partial charge is 0.465 e. The van der Waals surface area contributed by atoms with Crippen LogP contribution in [-0.2, 0) is 9.53 Å². The van der Waals surface area contributed by atoms with E-state index in [1.54, 1.807) is 0 Å². The first kappa shape index (κ1) is 13.4. The summed E-state index contributed by atoms with van der Waals surface area (Å²) in [4.78, 5) is 12.1. The molecule has 2 aliphatic carbocycles. The van der Waals surface area contributed by atoms with Crippen molar-refractivity contribution in [3.05, 3.63) is 24.3 Å². The lowest BCUT2D eigenvalue weighted by Crippen LogP contribution is -2.28. The van der Waals surface area contributed by atoms with Crippen molar-refractivity contribution in [3.8, 4) is 0 Å². The molecular formula is C16H24O2. The fourth-order valence-corrected chi connectivity index (χ4v) is 2.89. The van der Waals surface area contributed by atoms with Gasteiger partial charge in [0.2, 0.25) is 0 Å². The zero-order valence-electron chi connectivity index (χ0n) is 11.5. The molecule has 0 spiro atoms. The molecule has 0 aromatic rings. The van der Waals surface area contributed by atoms with Crippen molar-refractivity contribution in [2.45, 2.75) is 39.5 Å². The zero-order valence-corrected chi connectivity index (χ0v) is 11.5. The van der Waals surface area contributed by atoms with Crippen LogP contribution in [0.4, 0.5) is 0 Å². The number of ether oxygens (including phenoxy) is 1. The number of allylic oxidation sites excluding steroid dienone is 4. The SMILES string of the molecule is CC1C=CCCC1COC(=O)C1CCC=CC1C. The van der Waals surface area contributed by atoms with Crippen molar-refractivity contribution in [1.82, 2.24) is 0 Å². The number of carbonyl (C=O) groups excluding carboxylic acids is 1. The Morgan fingerprint density at radius 2 is 1.78 bits per heavy atom. The topological polar surface area (TPSA) is 26.3 Å². The summed E-state index contributed by atoms with van der Waals surface area (Å²) >= 11 is 0. The molecule has 0 aromatic carbocycles. The van der Waals surface area contributed by atoms with E-state index < -0.39 is 0 Å². The Hall–Kier alpha value is -1.05. The summed E-state index contributed by atoms with van der Waals surface area (Å²) in [7, 11) is 0. The molecule has 0 heterocycles. The lowest BCUT2D eigenvalue weighted by Gasteiger charge is -2.27. The third-order valence-corrected chi connectivity index (χ3v) is 4.35. The van der Waals surface area contributed by atoms with Crippen molar-refractivity contribution in [1.29, 1.82) is 0 Å². The summed E-state index contributed by atoms with van der Waals surface area (Å²) in [5.74, 6) is 1.46. The van der Waals surface area contributed by atoms with Crippen LogP contribution in [0.5, 0.6) is 0 Å². The Bertz CT molecular complexity index is 343. The predicted octanol–water partition coefficient (Wildman–Crippen LogP) is 3.73. The molecular weight excluding hydrogens is 224 g/mol. The first-order valence-corrected chi connectivity index (χ1v) is 7.18. The minimum absolute atomic E-state index is 0.00797. The highest BCUT2D eigenvalue weighted by Gasteiger charge is 2.28. The highest BCUT2D eigenvalue weighted by atomic mass is 16.5. The summed E-state index contributed by atoms with van der Waals surface area (Å²) < 4.78 is 5.56. The van der Waals surface area contributed by atoms with Crippen LogP contribution in [-0.4, -0.2) is 12.6 Å². The Morgan fingerprint density at radius 1 is 1.11 bits per heavy atom. The molecule has 4 atom stereocenters. The third-order valence-electron chi connectivity index (χ3n) is 4.35. The van der Waals surface area contributed by atoms with Gasteiger partial charge in [0.1, 0.15) is 0 Å². The molecule has 2 heteroatoms. The van der Waals surface area contributed by atoms with E-state index in [2.05, 4.69) is 38.2 Å². The van der Waals surface area contributed by atoms with Gasteiger partial charge >= 0.3 is 5.97 Å². The fraction of sp³-hybridized carbons (Fsp3) is 0.688. The molecule has 18 heavy (non-hydrogen) atoms. The maximum atomic E-state index is 12.1. The lowest BCUT2D eigenvalue weighted by atomic mass is 9.84. The van der Waals surface area contributed by atoms with Crippen LogP contribution >= 0.6 is 0 Å². The van der Waals surface area contributed by atoms with Gasteiger partial charge in [0, 0.05) is 0 Å². The van der Waals surface area contributed by atoms with Gasteiger partial charge in [-0.15, -0.1) is 0 Å². The maximum Gasteiger partial charge on any atom is 0.309 e. The highest BCUT2D eigenvalue weighted by Crippen LogP contribution is 2.28. The third kappa shape index (κ3) is 3.24. The average molecular weight is 248 g/mol. The molecule has 0 fully saturated rings. The maximum absolute atomic E-state index is 12.1. The molecule has 0 N–H and O–H groups in total. The molecule has 4 unspecified atom stereocenters. The van der Waals surface area contributed by atoms with Crippen LogP contribution in [0.3, 0.4) is 0 Å². The van der Waals surface area contributed by atoms with Gasteiger partial charge < -0.3 is 4.74 Å². The minimum atomic E-state index is 0.00797. The van der Waals surface area contributed by atoms with E-state index in [9.17, 15) is 4.79 Å². The zero-order chi connectivity index (χ0) is 13.0. The van der Waals surface area contributed by atoms with Gasteiger partial charge in [-0.2, -0.15) is 0 Å². The van der Waals surface area contributed by atoms with Gasteiger partial charge in [0.25, 0.3) is 0 Å². The van der Waals surface area contributed by atoms with Crippen LogP contribution < -0.4 is 0 Å². The molecule has 0 saturated heterocycles. The van der Waals surface area contributed by atoms with Crippen LogP contribution in [0.1, 0.15) is 39.5 Å². The molecule has 2 rings (SSSR count). The summed E-state index contributed by atoms with van der Waals surface area (Å²) in [5, 5.41) is 0. The highest BCUT2D eigenvalue weighted by molar-refractivity contribution is 5.73. The predicted molar refractivity (Wildman–Crippen MR) is 73.0 cm³/mol. The van der Waals surface area contributed by atoms with Gasteiger partial charge in [-0.05, 0) is 43.4 Å². The van der Waals surface area contributed by atoms with E-state index in [4.69, 9.17) is 4.74 Å². The number of hydrogen-bond acceptors (Lipinski definition) is 2. The van der Waals surface area contributed by atoms with Crippen LogP contribution in [0.25, 0.3) is 0 Å². The summed E-state index contributed by atoms with van der Waals surface area (Å²) in [5.41, 5.74) is 0. The monoisotopic (exact) mass is 248 g/mol. The Labute approximate surface area is 110 Å². The van der Waals surface area contributed by atoms with Crippen LogP contribution in [0.15, 0.2) is 24.3 Å². The van der Waals surface area contributed by atoms with E-state index in [0.29, 0.717) is 24.4 Å². The van der Waals surface area contributed by atoms with Gasteiger partial charge in [-0.25, -0.2) is 0 Å². The van der Waals surface area contributed by atoms with E-state index in [1.807, 2.05) is 0 Å². The standard InChI is InChI=1S/C16H24O2/c1-12-7-3-5-9-14(12)11-18-16(17)15-10-6-4-8-13(15)2/h3-4,7-8,12-15H,5-6,9-11H2,1-2H3. The molecule has 0 amide bonds.